The van der Waals surface area contributed by atoms with E-state index in [9.17, 15) is 14.4 Å². The van der Waals surface area contributed by atoms with Crippen molar-refractivity contribution in [2.45, 2.75) is 38.1 Å². The number of nitrogens with one attached hydrogen (secondary N) is 1. The van der Waals surface area contributed by atoms with Gasteiger partial charge in [0.15, 0.2) is 0 Å². The molecule has 0 aliphatic carbocycles. The van der Waals surface area contributed by atoms with Crippen LogP contribution in [0.1, 0.15) is 43.0 Å². The molecule has 0 radical (unpaired) electrons. The third-order valence-electron chi connectivity index (χ3n) is 6.09. The molecule has 8 nitrogen and oxygen atoms in total. The lowest BCUT2D eigenvalue weighted by molar-refractivity contribution is -0.134. The summed E-state index contributed by atoms with van der Waals surface area (Å²) < 4.78 is 0. The Hall–Kier alpha value is -4.04. The Balaban J connectivity index is 0.000000414. The number of aromatic nitrogens is 1. The number of likely N-dealkylation sites (tertiary alicyclic amines) is 1. The minimum Gasteiger partial charge on any atom is -0.478 e. The number of carbonyl (C=O) groups is 3. The summed E-state index contributed by atoms with van der Waals surface area (Å²) in [6, 6.07) is 22.3. The second-order valence-corrected chi connectivity index (χ2v) is 8.90. The Morgan fingerprint density at radius 1 is 0.865 bits per heavy atom. The highest BCUT2D eigenvalue weighted by molar-refractivity contribution is 5.89. The summed E-state index contributed by atoms with van der Waals surface area (Å²) in [5, 5.41) is 20.0. The number of hydrogen-bond acceptors (Lipinski definition) is 5. The smallest absolute Gasteiger partial charge is 0.328 e. The van der Waals surface area contributed by atoms with Crippen LogP contribution in [0.25, 0.3) is 10.9 Å². The van der Waals surface area contributed by atoms with Gasteiger partial charge in [-0.05, 0) is 50.0 Å². The minimum atomic E-state index is -1.26. The third-order valence-corrected chi connectivity index (χ3v) is 6.09. The lowest BCUT2D eigenvalue weighted by Gasteiger charge is -2.28. The lowest BCUT2D eigenvalue weighted by Crippen LogP contribution is -2.35. The summed E-state index contributed by atoms with van der Waals surface area (Å²) in [4.78, 5) is 39.1. The molecule has 4 rings (SSSR count). The number of carboxylic acid groups (broad SMARTS) is 2. The van der Waals surface area contributed by atoms with Gasteiger partial charge in [0, 0.05) is 24.1 Å². The van der Waals surface area contributed by atoms with Crippen molar-refractivity contribution in [3.63, 3.8) is 0 Å². The van der Waals surface area contributed by atoms with E-state index in [0.29, 0.717) is 18.6 Å². The van der Waals surface area contributed by atoms with Gasteiger partial charge < -0.3 is 20.4 Å². The summed E-state index contributed by atoms with van der Waals surface area (Å²) in [6.45, 7) is 3.38. The van der Waals surface area contributed by atoms with Crippen molar-refractivity contribution in [1.29, 1.82) is 0 Å². The van der Waals surface area contributed by atoms with Gasteiger partial charge in [0.2, 0.25) is 5.91 Å². The van der Waals surface area contributed by atoms with Crippen molar-refractivity contribution in [2.24, 2.45) is 0 Å². The molecule has 1 aliphatic rings. The van der Waals surface area contributed by atoms with E-state index < -0.39 is 11.9 Å². The van der Waals surface area contributed by atoms with Gasteiger partial charge in [-0.1, -0.05) is 61.0 Å². The summed E-state index contributed by atoms with van der Waals surface area (Å²) in [5.74, 6) is -2.49. The molecule has 1 amide bonds. The monoisotopic (exact) mass is 503 g/mol. The van der Waals surface area contributed by atoms with Crippen molar-refractivity contribution in [2.75, 3.05) is 19.6 Å². The summed E-state index contributed by atoms with van der Waals surface area (Å²) >= 11 is 0. The number of carboxylic acids is 2. The normalized spacial score (nSPS) is 14.5. The van der Waals surface area contributed by atoms with Crippen LogP contribution in [0, 0.1) is 0 Å². The number of fused-ring (bicyclic) bond motifs is 1. The van der Waals surface area contributed by atoms with Crippen LogP contribution in [0.4, 0.5) is 0 Å². The number of nitrogens with zero attached hydrogens (tertiary/aromatic N) is 2. The number of pyridine rings is 1. The predicted molar refractivity (Wildman–Crippen MR) is 142 cm³/mol. The van der Waals surface area contributed by atoms with Crippen molar-refractivity contribution in [3.8, 4) is 0 Å². The highest BCUT2D eigenvalue weighted by Gasteiger charge is 2.18. The first-order valence-electron chi connectivity index (χ1n) is 12.5. The Labute approximate surface area is 216 Å². The van der Waals surface area contributed by atoms with Crippen LogP contribution in [0.15, 0.2) is 78.9 Å². The Morgan fingerprint density at radius 2 is 1.51 bits per heavy atom. The second kappa shape index (κ2) is 14.5. The molecule has 2 aromatic carbocycles. The molecule has 1 aromatic heterocycles. The molecule has 3 N–H and O–H groups in total. The zero-order valence-corrected chi connectivity index (χ0v) is 20.8. The fraction of sp³-hybridized carbons (Fsp3) is 0.310. The zero-order chi connectivity index (χ0) is 26.5. The van der Waals surface area contributed by atoms with Gasteiger partial charge in [0.05, 0.1) is 23.7 Å². The molecular formula is C29H33N3O5. The summed E-state index contributed by atoms with van der Waals surface area (Å²) in [7, 11) is 0. The van der Waals surface area contributed by atoms with Crippen LogP contribution in [-0.4, -0.2) is 57.6 Å². The Bertz CT molecular complexity index is 1190. The van der Waals surface area contributed by atoms with Crippen molar-refractivity contribution >= 4 is 28.7 Å². The second-order valence-electron chi connectivity index (χ2n) is 8.90. The van der Waals surface area contributed by atoms with Crippen LogP contribution in [0.2, 0.25) is 0 Å². The number of para-hydroxylation sites is 1. The molecule has 194 valence electrons. The number of piperidine rings is 1. The average Bonchev–Trinajstić information content (AvgIpc) is 2.91. The van der Waals surface area contributed by atoms with E-state index >= 15 is 0 Å². The van der Waals surface area contributed by atoms with Crippen molar-refractivity contribution in [3.05, 3.63) is 90.1 Å². The molecule has 0 saturated carbocycles. The van der Waals surface area contributed by atoms with E-state index in [1.807, 2.05) is 54.6 Å². The minimum absolute atomic E-state index is 0.0280. The van der Waals surface area contributed by atoms with Crippen LogP contribution in [0.5, 0.6) is 0 Å². The first-order valence-corrected chi connectivity index (χ1v) is 12.5. The number of rotatable bonds is 9. The predicted octanol–water partition coefficient (Wildman–Crippen LogP) is 4.22. The molecule has 37 heavy (non-hydrogen) atoms. The Kier molecular flexibility index (Phi) is 10.8. The topological polar surface area (TPSA) is 120 Å². The third kappa shape index (κ3) is 9.85. The van der Waals surface area contributed by atoms with E-state index in [4.69, 9.17) is 10.2 Å². The Morgan fingerprint density at radius 3 is 2.19 bits per heavy atom. The zero-order valence-electron chi connectivity index (χ0n) is 20.8. The van der Waals surface area contributed by atoms with E-state index in [2.05, 4.69) is 27.3 Å². The van der Waals surface area contributed by atoms with Gasteiger partial charge in [-0.15, -0.1) is 0 Å². The van der Waals surface area contributed by atoms with Crippen molar-refractivity contribution < 1.29 is 24.6 Å². The van der Waals surface area contributed by atoms with Gasteiger partial charge in [-0.25, -0.2) is 9.59 Å². The first-order chi connectivity index (χ1) is 17.9. The molecule has 1 fully saturated rings. The van der Waals surface area contributed by atoms with Crippen LogP contribution < -0.4 is 5.32 Å². The molecule has 1 atom stereocenters. The van der Waals surface area contributed by atoms with E-state index in [1.165, 1.54) is 37.9 Å². The van der Waals surface area contributed by atoms with E-state index in [-0.39, 0.29) is 11.9 Å². The SMILES string of the molecule is O=C(Cc1ccc2ccccc2n1)NC(CCN1CCCCC1)c1ccccc1.O=C(O)C=CC(=O)O. The highest BCUT2D eigenvalue weighted by atomic mass is 16.4. The van der Waals surface area contributed by atoms with Gasteiger partial charge in [-0.3, -0.25) is 9.78 Å². The van der Waals surface area contributed by atoms with Crippen molar-refractivity contribution in [1.82, 2.24) is 15.2 Å². The number of hydrogen-bond donors (Lipinski definition) is 3. The molecular weight excluding hydrogens is 470 g/mol. The van der Waals surface area contributed by atoms with Crippen LogP contribution in [0.3, 0.4) is 0 Å². The van der Waals surface area contributed by atoms with Crippen LogP contribution >= 0.6 is 0 Å². The molecule has 8 heteroatoms. The molecule has 3 aromatic rings. The summed E-state index contributed by atoms with van der Waals surface area (Å²) in [5.41, 5.74) is 2.91. The first kappa shape index (κ1) is 27.5. The average molecular weight is 504 g/mol. The summed E-state index contributed by atoms with van der Waals surface area (Å²) in [6.07, 6.45) is 6.27. The van der Waals surface area contributed by atoms with Crippen LogP contribution in [-0.2, 0) is 20.8 Å². The molecule has 1 aliphatic heterocycles. The molecule has 1 unspecified atom stereocenters. The fourth-order valence-electron chi connectivity index (χ4n) is 4.26. The highest BCUT2D eigenvalue weighted by Crippen LogP contribution is 2.19. The van der Waals surface area contributed by atoms with Gasteiger partial charge in [-0.2, -0.15) is 0 Å². The standard InChI is InChI=1S/C25H29N3O.C4H4O4/c29-25(19-22-14-13-21-11-5-6-12-23(21)26-22)27-24(20-9-3-1-4-10-20)15-18-28-16-7-2-8-17-28;5-3(6)1-2-4(7)8/h1,3-6,9-14,24H,2,7-8,15-19H2,(H,27,29);1-2H,(H,5,6)(H,7,8). The number of aliphatic carboxylic acids is 2. The quantitative estimate of drug-likeness (QED) is 0.374. The molecule has 1 saturated heterocycles. The maximum atomic E-state index is 12.8. The number of carbonyl (C=O) groups excluding carboxylic acids is 1. The van der Waals surface area contributed by atoms with E-state index in [1.54, 1.807) is 0 Å². The maximum Gasteiger partial charge on any atom is 0.328 e. The number of benzene rings is 2. The van der Waals surface area contributed by atoms with Gasteiger partial charge in [0.25, 0.3) is 0 Å². The molecule has 0 bridgehead atoms. The maximum absolute atomic E-state index is 12.8. The number of amides is 1. The molecule has 2 heterocycles. The largest absolute Gasteiger partial charge is 0.478 e. The van der Waals surface area contributed by atoms with Gasteiger partial charge >= 0.3 is 11.9 Å². The van der Waals surface area contributed by atoms with E-state index in [0.717, 1.165) is 29.6 Å². The lowest BCUT2D eigenvalue weighted by atomic mass is 10.0. The van der Waals surface area contributed by atoms with Gasteiger partial charge in [0.1, 0.15) is 0 Å². The molecule has 0 spiro atoms. The fourth-order valence-corrected chi connectivity index (χ4v) is 4.26.